The van der Waals surface area contributed by atoms with Crippen molar-refractivity contribution in [3.05, 3.63) is 28.2 Å². The molecule has 112 valence electrons. The highest BCUT2D eigenvalue weighted by molar-refractivity contribution is 9.10. The number of rotatable bonds is 7. The van der Waals surface area contributed by atoms with Gasteiger partial charge in [-0.05, 0) is 38.0 Å². The predicted molar refractivity (Wildman–Crippen MR) is 85.9 cm³/mol. The first-order valence-corrected chi connectivity index (χ1v) is 7.79. The zero-order chi connectivity index (χ0) is 15.2. The number of hydrogen-bond donors (Lipinski definition) is 2. The Morgan fingerprint density at radius 3 is 3.00 bits per heavy atom. The topological polar surface area (TPSA) is 50.4 Å². The Morgan fingerprint density at radius 1 is 1.57 bits per heavy atom. The molecule has 1 aliphatic rings. The zero-order valence-electron chi connectivity index (χ0n) is 12.0. The molecule has 5 heteroatoms. The molecule has 1 aromatic carbocycles. The van der Waals surface area contributed by atoms with E-state index in [0.717, 1.165) is 22.3 Å². The molecule has 0 heterocycles. The highest BCUT2D eigenvalue weighted by Crippen LogP contribution is 2.26. The van der Waals surface area contributed by atoms with E-state index >= 15 is 0 Å². The summed E-state index contributed by atoms with van der Waals surface area (Å²) in [5.41, 5.74) is 1.04. The minimum Gasteiger partial charge on any atom is -0.481 e. The largest absolute Gasteiger partial charge is 0.481 e. The summed E-state index contributed by atoms with van der Waals surface area (Å²) < 4.78 is 6.76. The molecule has 2 N–H and O–H groups in total. The Balaban J connectivity index is 2.00. The van der Waals surface area contributed by atoms with Crippen molar-refractivity contribution >= 4 is 21.8 Å². The Bertz CT molecular complexity index is 550. The van der Waals surface area contributed by atoms with Crippen molar-refractivity contribution in [1.82, 2.24) is 10.6 Å². The van der Waals surface area contributed by atoms with Crippen molar-refractivity contribution in [2.45, 2.75) is 38.5 Å². The van der Waals surface area contributed by atoms with Gasteiger partial charge in [-0.1, -0.05) is 21.9 Å². The number of benzene rings is 1. The number of carbonyl (C=O) groups is 1. The van der Waals surface area contributed by atoms with Gasteiger partial charge in [-0.15, -0.1) is 6.42 Å². The van der Waals surface area contributed by atoms with Crippen molar-refractivity contribution in [3.8, 4) is 18.1 Å². The summed E-state index contributed by atoms with van der Waals surface area (Å²) in [5.74, 6) is 2.88. The fourth-order valence-corrected chi connectivity index (χ4v) is 2.28. The van der Waals surface area contributed by atoms with Crippen LogP contribution in [-0.2, 0) is 11.3 Å². The van der Waals surface area contributed by atoms with E-state index in [0.29, 0.717) is 6.04 Å². The smallest absolute Gasteiger partial charge is 0.261 e. The molecule has 0 aromatic heterocycles. The van der Waals surface area contributed by atoms with Gasteiger partial charge in [-0.3, -0.25) is 4.79 Å². The van der Waals surface area contributed by atoms with Gasteiger partial charge < -0.3 is 15.4 Å². The third kappa shape index (κ3) is 5.07. The second-order valence-electron chi connectivity index (χ2n) is 5.09. The van der Waals surface area contributed by atoms with E-state index < -0.39 is 6.10 Å². The molecule has 1 atom stereocenters. The maximum atomic E-state index is 11.8. The molecule has 0 saturated heterocycles. The van der Waals surface area contributed by atoms with Gasteiger partial charge in [0.05, 0.1) is 6.54 Å². The molecule has 1 aromatic rings. The molecule has 0 aliphatic heterocycles. The first-order valence-electron chi connectivity index (χ1n) is 7.00. The lowest BCUT2D eigenvalue weighted by Crippen LogP contribution is -2.36. The second-order valence-corrected chi connectivity index (χ2v) is 6.00. The van der Waals surface area contributed by atoms with E-state index in [4.69, 9.17) is 11.2 Å². The number of nitrogens with one attached hydrogen (secondary N) is 2. The van der Waals surface area contributed by atoms with Crippen LogP contribution in [0.1, 0.15) is 25.3 Å². The maximum absolute atomic E-state index is 11.8. The van der Waals surface area contributed by atoms with Gasteiger partial charge in [0.15, 0.2) is 6.10 Å². The average Bonchev–Trinajstić information content (AvgIpc) is 3.29. The number of carbonyl (C=O) groups excluding carboxylic acids is 1. The molecule has 1 unspecified atom stereocenters. The summed E-state index contributed by atoms with van der Waals surface area (Å²) in [5, 5.41) is 6.07. The number of terminal acetylenes is 1. The third-order valence-electron chi connectivity index (χ3n) is 3.22. The van der Waals surface area contributed by atoms with Gasteiger partial charge >= 0.3 is 0 Å². The van der Waals surface area contributed by atoms with Crippen LogP contribution in [0.3, 0.4) is 0 Å². The molecule has 1 aliphatic carbocycles. The summed E-state index contributed by atoms with van der Waals surface area (Å²) in [4.78, 5) is 11.8. The lowest BCUT2D eigenvalue weighted by molar-refractivity contribution is -0.127. The van der Waals surface area contributed by atoms with E-state index in [1.165, 1.54) is 12.8 Å². The van der Waals surface area contributed by atoms with Gasteiger partial charge in [0, 0.05) is 22.6 Å². The molecule has 4 nitrogen and oxygen atoms in total. The minimum absolute atomic E-state index is 0.211. The normalized spacial score (nSPS) is 15.1. The Kier molecular flexibility index (Phi) is 5.66. The summed E-state index contributed by atoms with van der Waals surface area (Å²) >= 11 is 3.46. The van der Waals surface area contributed by atoms with Crippen molar-refractivity contribution in [2.75, 3.05) is 6.54 Å². The van der Waals surface area contributed by atoms with E-state index in [-0.39, 0.29) is 12.5 Å². The molecule has 0 bridgehead atoms. The van der Waals surface area contributed by atoms with Crippen LogP contribution in [-0.4, -0.2) is 24.6 Å². The van der Waals surface area contributed by atoms with E-state index in [1.54, 1.807) is 6.92 Å². The molecule has 1 saturated carbocycles. The summed E-state index contributed by atoms with van der Waals surface area (Å²) in [6, 6.07) is 6.41. The zero-order valence-corrected chi connectivity index (χ0v) is 13.6. The van der Waals surface area contributed by atoms with Gasteiger partial charge in [-0.25, -0.2) is 0 Å². The van der Waals surface area contributed by atoms with Crippen molar-refractivity contribution in [2.24, 2.45) is 0 Å². The van der Waals surface area contributed by atoms with Crippen molar-refractivity contribution in [3.63, 3.8) is 0 Å². The molecule has 0 radical (unpaired) electrons. The van der Waals surface area contributed by atoms with Crippen LogP contribution >= 0.6 is 15.9 Å². The fraction of sp³-hybridized carbons (Fsp3) is 0.438. The average molecular weight is 351 g/mol. The van der Waals surface area contributed by atoms with Crippen molar-refractivity contribution < 1.29 is 9.53 Å². The summed E-state index contributed by atoms with van der Waals surface area (Å²) in [6.07, 6.45) is 7.00. The van der Waals surface area contributed by atoms with E-state index in [2.05, 4.69) is 32.5 Å². The second kappa shape index (κ2) is 7.48. The van der Waals surface area contributed by atoms with Crippen LogP contribution in [0.25, 0.3) is 0 Å². The third-order valence-corrected chi connectivity index (χ3v) is 3.71. The van der Waals surface area contributed by atoms with Crippen molar-refractivity contribution in [1.29, 1.82) is 0 Å². The predicted octanol–water partition coefficient (Wildman–Crippen LogP) is 2.22. The van der Waals surface area contributed by atoms with Crippen LogP contribution in [0.15, 0.2) is 22.7 Å². The van der Waals surface area contributed by atoms with Gasteiger partial charge in [0.1, 0.15) is 5.75 Å². The molecule has 1 fully saturated rings. The highest BCUT2D eigenvalue weighted by atomic mass is 79.9. The molecular formula is C16H19BrN2O2. The van der Waals surface area contributed by atoms with Gasteiger partial charge in [0.2, 0.25) is 0 Å². The van der Waals surface area contributed by atoms with E-state index in [1.807, 2.05) is 18.2 Å². The molecule has 2 rings (SSSR count). The Labute approximate surface area is 133 Å². The first-order chi connectivity index (χ1) is 10.1. The Hall–Kier alpha value is -1.51. The number of hydrogen-bond acceptors (Lipinski definition) is 3. The van der Waals surface area contributed by atoms with Gasteiger partial charge in [0.25, 0.3) is 5.91 Å². The quantitative estimate of drug-likeness (QED) is 0.741. The summed E-state index contributed by atoms with van der Waals surface area (Å²) in [7, 11) is 0. The minimum atomic E-state index is -0.584. The maximum Gasteiger partial charge on any atom is 0.261 e. The molecule has 1 amide bonds. The Morgan fingerprint density at radius 2 is 2.33 bits per heavy atom. The van der Waals surface area contributed by atoms with Crippen LogP contribution in [0.4, 0.5) is 0 Å². The van der Waals surface area contributed by atoms with Crippen LogP contribution < -0.4 is 15.4 Å². The number of ether oxygens (including phenoxy) is 1. The fourth-order valence-electron chi connectivity index (χ4n) is 1.87. The molecule has 21 heavy (non-hydrogen) atoms. The SMILES string of the molecule is C#CCNC(=O)C(C)Oc1ccc(Br)cc1CNC1CC1. The highest BCUT2D eigenvalue weighted by Gasteiger charge is 2.21. The monoisotopic (exact) mass is 350 g/mol. The van der Waals surface area contributed by atoms with Crippen LogP contribution in [0.5, 0.6) is 5.75 Å². The number of amides is 1. The molecule has 0 spiro atoms. The first kappa shape index (κ1) is 15.9. The lowest BCUT2D eigenvalue weighted by atomic mass is 10.2. The number of halogens is 1. The molecular weight excluding hydrogens is 332 g/mol. The standard InChI is InChI=1S/C16H19BrN2O2/c1-3-8-18-16(20)11(2)21-15-7-4-13(17)9-12(15)10-19-14-5-6-14/h1,4,7,9,11,14,19H,5-6,8,10H2,2H3,(H,18,20). The van der Waals surface area contributed by atoms with Gasteiger partial charge in [-0.2, -0.15) is 0 Å². The van der Waals surface area contributed by atoms with E-state index in [9.17, 15) is 4.79 Å². The van der Waals surface area contributed by atoms with Crippen LogP contribution in [0.2, 0.25) is 0 Å². The lowest BCUT2D eigenvalue weighted by Gasteiger charge is -2.17. The summed E-state index contributed by atoms with van der Waals surface area (Å²) in [6.45, 7) is 2.66. The van der Waals surface area contributed by atoms with Crippen LogP contribution in [0, 0.1) is 12.3 Å².